The van der Waals surface area contributed by atoms with E-state index >= 15 is 0 Å². The topological polar surface area (TPSA) is 24.9 Å². The Balaban J connectivity index is 2.37. The average molecular weight is 300 g/mol. The van der Waals surface area contributed by atoms with Gasteiger partial charge in [-0.2, -0.15) is 13.2 Å². The normalized spacial score (nSPS) is 12.1. The zero-order chi connectivity index (χ0) is 14.8. The molecule has 20 heavy (non-hydrogen) atoms. The fourth-order valence-corrected chi connectivity index (χ4v) is 2.73. The molecule has 0 atom stereocenters. The Kier molecular flexibility index (Phi) is 4.45. The first-order valence-electron chi connectivity index (χ1n) is 6.23. The van der Waals surface area contributed by atoms with Crippen LogP contribution in [-0.2, 0) is 12.7 Å². The van der Waals surface area contributed by atoms with Crippen molar-refractivity contribution in [1.82, 2.24) is 10.3 Å². The van der Waals surface area contributed by atoms with Crippen LogP contribution in [0.2, 0.25) is 0 Å². The standard InChI is InChI=1S/C14H15F3N2S/c1-9(2)18-8-11-12(14(15,16)17)19-13(20-11)10-6-4-3-5-7-10/h3-7,9,18H,8H2,1-2H3. The number of hydrogen-bond donors (Lipinski definition) is 1. The van der Waals surface area contributed by atoms with E-state index in [9.17, 15) is 13.2 Å². The van der Waals surface area contributed by atoms with Crippen molar-refractivity contribution < 1.29 is 13.2 Å². The molecular weight excluding hydrogens is 285 g/mol. The minimum absolute atomic E-state index is 0.123. The first-order chi connectivity index (χ1) is 9.38. The van der Waals surface area contributed by atoms with Gasteiger partial charge in [0, 0.05) is 18.2 Å². The summed E-state index contributed by atoms with van der Waals surface area (Å²) in [4.78, 5) is 4.01. The predicted octanol–water partition coefficient (Wildman–Crippen LogP) is 4.33. The maximum Gasteiger partial charge on any atom is 0.434 e. The maximum absolute atomic E-state index is 13.0. The third-order valence-corrected chi connectivity index (χ3v) is 3.76. The largest absolute Gasteiger partial charge is 0.434 e. The highest BCUT2D eigenvalue weighted by Crippen LogP contribution is 2.37. The van der Waals surface area contributed by atoms with Crippen molar-refractivity contribution in [1.29, 1.82) is 0 Å². The second-order valence-electron chi connectivity index (χ2n) is 4.69. The Morgan fingerprint density at radius 2 is 1.85 bits per heavy atom. The number of benzene rings is 1. The highest BCUT2D eigenvalue weighted by molar-refractivity contribution is 7.15. The third-order valence-electron chi connectivity index (χ3n) is 2.66. The van der Waals surface area contributed by atoms with Gasteiger partial charge in [-0.15, -0.1) is 11.3 Å². The summed E-state index contributed by atoms with van der Waals surface area (Å²) >= 11 is 1.09. The highest BCUT2D eigenvalue weighted by atomic mass is 32.1. The second kappa shape index (κ2) is 5.93. The number of thiazole rings is 1. The molecule has 2 rings (SSSR count). The lowest BCUT2D eigenvalue weighted by molar-refractivity contribution is -0.141. The van der Waals surface area contributed by atoms with E-state index in [0.29, 0.717) is 10.6 Å². The highest BCUT2D eigenvalue weighted by Gasteiger charge is 2.37. The van der Waals surface area contributed by atoms with Crippen LogP contribution in [0.1, 0.15) is 24.4 Å². The first-order valence-corrected chi connectivity index (χ1v) is 7.05. The number of halogens is 3. The number of nitrogens with one attached hydrogen (secondary N) is 1. The van der Waals surface area contributed by atoms with E-state index in [2.05, 4.69) is 10.3 Å². The van der Waals surface area contributed by atoms with Crippen LogP contribution in [-0.4, -0.2) is 11.0 Å². The summed E-state index contributed by atoms with van der Waals surface area (Å²) in [7, 11) is 0. The molecule has 0 unspecified atom stereocenters. The molecule has 0 spiro atoms. The smallest absolute Gasteiger partial charge is 0.310 e. The molecule has 2 aromatic rings. The van der Waals surface area contributed by atoms with Crippen molar-refractivity contribution in [2.45, 2.75) is 32.6 Å². The number of alkyl halides is 3. The van der Waals surface area contributed by atoms with E-state index in [4.69, 9.17) is 0 Å². The molecule has 1 aromatic heterocycles. The molecule has 0 bridgehead atoms. The van der Waals surface area contributed by atoms with Crippen LogP contribution in [0.15, 0.2) is 30.3 Å². The average Bonchev–Trinajstić information content (AvgIpc) is 2.81. The summed E-state index contributed by atoms with van der Waals surface area (Å²) < 4.78 is 39.1. The molecule has 1 N–H and O–H groups in total. The lowest BCUT2D eigenvalue weighted by atomic mass is 10.2. The van der Waals surface area contributed by atoms with Crippen LogP contribution in [0, 0.1) is 0 Å². The Morgan fingerprint density at radius 3 is 2.40 bits per heavy atom. The molecule has 0 saturated carbocycles. The Bertz CT molecular complexity index is 562. The van der Waals surface area contributed by atoms with Crippen molar-refractivity contribution in [2.75, 3.05) is 0 Å². The van der Waals surface area contributed by atoms with Crippen molar-refractivity contribution >= 4 is 11.3 Å². The van der Waals surface area contributed by atoms with Crippen LogP contribution >= 0.6 is 11.3 Å². The zero-order valence-electron chi connectivity index (χ0n) is 11.2. The summed E-state index contributed by atoms with van der Waals surface area (Å²) in [6, 6.07) is 9.05. The molecule has 1 heterocycles. The van der Waals surface area contributed by atoms with Gasteiger partial charge in [0.15, 0.2) is 5.69 Å². The molecule has 0 saturated heterocycles. The number of nitrogens with zero attached hydrogens (tertiary/aromatic N) is 1. The quantitative estimate of drug-likeness (QED) is 0.909. The van der Waals surface area contributed by atoms with E-state index in [1.807, 2.05) is 19.9 Å². The first kappa shape index (κ1) is 15.0. The molecular formula is C14H15F3N2S. The molecule has 0 aliphatic rings. The molecule has 6 heteroatoms. The van der Waals surface area contributed by atoms with E-state index in [-0.39, 0.29) is 17.5 Å². The third kappa shape index (κ3) is 3.58. The lowest BCUT2D eigenvalue weighted by Crippen LogP contribution is -2.23. The Hall–Kier alpha value is -1.40. The van der Waals surface area contributed by atoms with Crippen LogP contribution in [0.3, 0.4) is 0 Å². The number of rotatable bonds is 4. The van der Waals surface area contributed by atoms with Gasteiger partial charge in [0.05, 0.1) is 4.88 Å². The van der Waals surface area contributed by atoms with Gasteiger partial charge in [0.25, 0.3) is 0 Å². The van der Waals surface area contributed by atoms with Crippen molar-refractivity contribution in [3.8, 4) is 10.6 Å². The van der Waals surface area contributed by atoms with Crippen molar-refractivity contribution in [3.63, 3.8) is 0 Å². The SMILES string of the molecule is CC(C)NCc1sc(-c2ccccc2)nc1C(F)(F)F. The van der Waals surface area contributed by atoms with Gasteiger partial charge in [-0.1, -0.05) is 44.2 Å². The molecule has 2 nitrogen and oxygen atoms in total. The summed E-state index contributed by atoms with van der Waals surface area (Å²) in [6.45, 7) is 3.97. The Morgan fingerprint density at radius 1 is 1.20 bits per heavy atom. The fraction of sp³-hybridized carbons (Fsp3) is 0.357. The molecule has 108 valence electrons. The summed E-state index contributed by atoms with van der Waals surface area (Å²) in [5.74, 6) is 0. The molecule has 0 aliphatic carbocycles. The van der Waals surface area contributed by atoms with Crippen LogP contribution < -0.4 is 5.32 Å². The van der Waals surface area contributed by atoms with Crippen molar-refractivity contribution in [3.05, 3.63) is 40.9 Å². The minimum atomic E-state index is -4.42. The molecule has 0 amide bonds. The van der Waals surface area contributed by atoms with Gasteiger partial charge in [-0.3, -0.25) is 0 Å². The van der Waals surface area contributed by atoms with Gasteiger partial charge in [0.1, 0.15) is 5.01 Å². The minimum Gasteiger partial charge on any atom is -0.310 e. The predicted molar refractivity (Wildman–Crippen MR) is 74.5 cm³/mol. The van der Waals surface area contributed by atoms with E-state index < -0.39 is 11.9 Å². The monoisotopic (exact) mass is 300 g/mol. The van der Waals surface area contributed by atoms with E-state index in [1.165, 1.54) is 0 Å². The summed E-state index contributed by atoms with van der Waals surface area (Å²) in [6.07, 6.45) is -4.42. The van der Waals surface area contributed by atoms with E-state index in [1.54, 1.807) is 24.3 Å². The number of hydrogen-bond acceptors (Lipinski definition) is 3. The van der Waals surface area contributed by atoms with Gasteiger partial charge >= 0.3 is 6.18 Å². The van der Waals surface area contributed by atoms with Gasteiger partial charge in [0.2, 0.25) is 0 Å². The molecule has 1 aromatic carbocycles. The summed E-state index contributed by atoms with van der Waals surface area (Å²) in [5.41, 5.74) is -0.0756. The van der Waals surface area contributed by atoms with Gasteiger partial charge in [-0.05, 0) is 0 Å². The second-order valence-corrected chi connectivity index (χ2v) is 5.77. The van der Waals surface area contributed by atoms with Crippen LogP contribution in [0.5, 0.6) is 0 Å². The van der Waals surface area contributed by atoms with Gasteiger partial charge < -0.3 is 5.32 Å². The number of aromatic nitrogens is 1. The van der Waals surface area contributed by atoms with Crippen molar-refractivity contribution in [2.24, 2.45) is 0 Å². The molecule has 0 aliphatic heterocycles. The molecule has 0 radical (unpaired) electrons. The lowest BCUT2D eigenvalue weighted by Gasteiger charge is -2.09. The van der Waals surface area contributed by atoms with Gasteiger partial charge in [-0.25, -0.2) is 4.98 Å². The molecule has 0 fully saturated rings. The summed E-state index contributed by atoms with van der Waals surface area (Å²) in [5, 5.41) is 3.41. The van der Waals surface area contributed by atoms with E-state index in [0.717, 1.165) is 11.3 Å². The fourth-order valence-electron chi connectivity index (χ4n) is 1.69. The zero-order valence-corrected chi connectivity index (χ0v) is 12.0. The van der Waals surface area contributed by atoms with Crippen LogP contribution in [0.4, 0.5) is 13.2 Å². The van der Waals surface area contributed by atoms with Crippen LogP contribution in [0.25, 0.3) is 10.6 Å². The Labute approximate surface area is 119 Å². The maximum atomic E-state index is 13.0.